The van der Waals surface area contributed by atoms with Crippen LogP contribution in [0, 0.1) is 11.8 Å². The van der Waals surface area contributed by atoms with Gasteiger partial charge in [0.05, 0.1) is 0 Å². The van der Waals surface area contributed by atoms with E-state index >= 15 is 0 Å². The van der Waals surface area contributed by atoms with Crippen molar-refractivity contribution in [2.75, 3.05) is 26.7 Å². The van der Waals surface area contributed by atoms with Crippen LogP contribution < -0.4 is 5.73 Å². The number of amides is 1. The molecule has 4 heteroatoms. The zero-order valence-corrected chi connectivity index (χ0v) is 12.6. The Morgan fingerprint density at radius 2 is 2.05 bits per heavy atom. The van der Waals surface area contributed by atoms with Gasteiger partial charge in [0.15, 0.2) is 0 Å². The molecule has 0 aromatic carbocycles. The summed E-state index contributed by atoms with van der Waals surface area (Å²) in [6, 6.07) is 0.643. The third-order valence-electron chi connectivity index (χ3n) is 4.97. The molecule has 110 valence electrons. The number of carbonyl (C=O) groups excluding carboxylic acids is 1. The van der Waals surface area contributed by atoms with Crippen molar-refractivity contribution >= 4 is 5.91 Å². The smallest absolute Gasteiger partial charge is 0.226 e. The number of nitrogens with two attached hydrogens (primary N) is 1. The summed E-state index contributed by atoms with van der Waals surface area (Å²) < 4.78 is 0. The van der Waals surface area contributed by atoms with E-state index < -0.39 is 0 Å². The Labute approximate surface area is 117 Å². The molecule has 1 saturated heterocycles. The molecule has 4 nitrogen and oxygen atoms in total. The first-order valence-corrected chi connectivity index (χ1v) is 7.73. The van der Waals surface area contributed by atoms with Gasteiger partial charge in [-0.1, -0.05) is 13.3 Å². The molecule has 0 spiro atoms. The normalized spacial score (nSPS) is 35.2. The van der Waals surface area contributed by atoms with Crippen molar-refractivity contribution in [3.8, 4) is 0 Å². The van der Waals surface area contributed by atoms with Crippen LogP contribution in [-0.4, -0.2) is 54.5 Å². The molecule has 1 aliphatic heterocycles. The van der Waals surface area contributed by atoms with E-state index in [9.17, 15) is 4.79 Å². The highest BCUT2D eigenvalue weighted by atomic mass is 16.2. The summed E-state index contributed by atoms with van der Waals surface area (Å²) in [4.78, 5) is 17.1. The van der Waals surface area contributed by atoms with Gasteiger partial charge in [-0.25, -0.2) is 0 Å². The molecule has 1 amide bonds. The van der Waals surface area contributed by atoms with Crippen LogP contribution in [0.5, 0.6) is 0 Å². The van der Waals surface area contributed by atoms with Gasteiger partial charge in [-0.3, -0.25) is 4.79 Å². The van der Waals surface area contributed by atoms with E-state index in [0.717, 1.165) is 32.5 Å². The number of rotatable bonds is 2. The molecule has 1 saturated carbocycles. The lowest BCUT2D eigenvalue weighted by Crippen LogP contribution is -2.54. The first kappa shape index (κ1) is 14.8. The molecule has 1 aliphatic carbocycles. The Morgan fingerprint density at radius 1 is 1.32 bits per heavy atom. The summed E-state index contributed by atoms with van der Waals surface area (Å²) in [6.07, 6.45) is 4.50. The minimum atomic E-state index is 0.136. The average molecular weight is 267 g/mol. The van der Waals surface area contributed by atoms with Crippen LogP contribution in [0.2, 0.25) is 0 Å². The summed E-state index contributed by atoms with van der Waals surface area (Å²) in [5, 5.41) is 0. The molecule has 4 unspecified atom stereocenters. The second-order valence-corrected chi connectivity index (χ2v) is 6.62. The molecule has 1 heterocycles. The highest BCUT2D eigenvalue weighted by molar-refractivity contribution is 5.79. The molecule has 0 radical (unpaired) electrons. The predicted molar refractivity (Wildman–Crippen MR) is 77.8 cm³/mol. The van der Waals surface area contributed by atoms with Gasteiger partial charge >= 0.3 is 0 Å². The van der Waals surface area contributed by atoms with Crippen LogP contribution in [0.4, 0.5) is 0 Å². The fourth-order valence-corrected chi connectivity index (χ4v) is 3.65. The molecule has 4 atom stereocenters. The van der Waals surface area contributed by atoms with Crippen LogP contribution >= 0.6 is 0 Å². The lowest BCUT2D eigenvalue weighted by Gasteiger charge is -2.41. The highest BCUT2D eigenvalue weighted by Gasteiger charge is 2.34. The second kappa shape index (κ2) is 6.23. The Balaban J connectivity index is 1.94. The fourth-order valence-electron chi connectivity index (χ4n) is 3.65. The standard InChI is InChI=1S/C15H29N3O/c1-11-10-17(3)7-8-18(11)15(19)12(2)13-5-4-6-14(16)9-13/h11-14H,4-10,16H2,1-3H3. The van der Waals surface area contributed by atoms with Crippen molar-refractivity contribution in [3.63, 3.8) is 0 Å². The van der Waals surface area contributed by atoms with E-state index in [2.05, 4.69) is 30.7 Å². The van der Waals surface area contributed by atoms with Gasteiger partial charge < -0.3 is 15.5 Å². The minimum Gasteiger partial charge on any atom is -0.337 e. The molecule has 0 aromatic heterocycles. The lowest BCUT2D eigenvalue weighted by molar-refractivity contribution is -0.141. The molecule has 2 aliphatic rings. The van der Waals surface area contributed by atoms with Crippen molar-refractivity contribution < 1.29 is 4.79 Å². The van der Waals surface area contributed by atoms with Crippen molar-refractivity contribution in [2.45, 2.75) is 51.6 Å². The minimum absolute atomic E-state index is 0.136. The quantitative estimate of drug-likeness (QED) is 0.820. The SMILES string of the molecule is CC(C(=O)N1CCN(C)CC1C)C1CCCC(N)C1. The van der Waals surface area contributed by atoms with Gasteiger partial charge in [0.25, 0.3) is 0 Å². The number of hydrogen-bond donors (Lipinski definition) is 1. The molecule has 0 bridgehead atoms. The summed E-state index contributed by atoms with van der Waals surface area (Å²) in [5.41, 5.74) is 6.06. The van der Waals surface area contributed by atoms with Gasteiger partial charge in [-0.15, -0.1) is 0 Å². The van der Waals surface area contributed by atoms with Gasteiger partial charge in [-0.2, -0.15) is 0 Å². The van der Waals surface area contributed by atoms with Gasteiger partial charge in [0, 0.05) is 37.6 Å². The first-order valence-electron chi connectivity index (χ1n) is 7.73. The third kappa shape index (κ3) is 3.48. The van der Waals surface area contributed by atoms with Crippen LogP contribution in [-0.2, 0) is 4.79 Å². The Bertz CT molecular complexity index is 321. The van der Waals surface area contributed by atoms with E-state index in [1.54, 1.807) is 0 Å². The highest BCUT2D eigenvalue weighted by Crippen LogP contribution is 2.31. The van der Waals surface area contributed by atoms with Crippen molar-refractivity contribution in [2.24, 2.45) is 17.6 Å². The maximum absolute atomic E-state index is 12.7. The average Bonchev–Trinajstić information content (AvgIpc) is 2.37. The third-order valence-corrected chi connectivity index (χ3v) is 4.97. The second-order valence-electron chi connectivity index (χ2n) is 6.62. The van der Waals surface area contributed by atoms with Crippen LogP contribution in [0.25, 0.3) is 0 Å². The molecule has 2 N–H and O–H groups in total. The number of hydrogen-bond acceptors (Lipinski definition) is 3. The molecule has 2 fully saturated rings. The Hall–Kier alpha value is -0.610. The maximum Gasteiger partial charge on any atom is 0.226 e. The fraction of sp³-hybridized carbons (Fsp3) is 0.933. The van der Waals surface area contributed by atoms with Crippen LogP contribution in [0.15, 0.2) is 0 Å². The summed E-state index contributed by atoms with van der Waals surface area (Å²) >= 11 is 0. The first-order chi connectivity index (χ1) is 8.99. The zero-order chi connectivity index (χ0) is 14.0. The predicted octanol–water partition coefficient (Wildman–Crippen LogP) is 1.30. The maximum atomic E-state index is 12.7. The molecule has 19 heavy (non-hydrogen) atoms. The summed E-state index contributed by atoms with van der Waals surface area (Å²) in [5.74, 6) is 0.972. The van der Waals surface area contributed by atoms with Gasteiger partial charge in [0.2, 0.25) is 5.91 Å². The Kier molecular flexibility index (Phi) is 4.85. The Morgan fingerprint density at radius 3 is 2.68 bits per heavy atom. The van der Waals surface area contributed by atoms with Crippen LogP contribution in [0.1, 0.15) is 39.5 Å². The summed E-state index contributed by atoms with van der Waals surface area (Å²) in [6.45, 7) is 7.12. The van der Waals surface area contributed by atoms with E-state index in [1.165, 1.54) is 12.8 Å². The van der Waals surface area contributed by atoms with Crippen molar-refractivity contribution in [1.82, 2.24) is 9.80 Å². The van der Waals surface area contributed by atoms with Crippen molar-refractivity contribution in [3.05, 3.63) is 0 Å². The van der Waals surface area contributed by atoms with E-state index in [0.29, 0.717) is 23.9 Å². The topological polar surface area (TPSA) is 49.6 Å². The monoisotopic (exact) mass is 267 g/mol. The van der Waals surface area contributed by atoms with E-state index in [1.807, 2.05) is 0 Å². The lowest BCUT2D eigenvalue weighted by atomic mass is 9.78. The number of carbonyl (C=O) groups is 1. The van der Waals surface area contributed by atoms with Crippen LogP contribution in [0.3, 0.4) is 0 Å². The van der Waals surface area contributed by atoms with E-state index in [4.69, 9.17) is 5.73 Å². The van der Waals surface area contributed by atoms with Crippen molar-refractivity contribution in [1.29, 1.82) is 0 Å². The molecule has 0 aromatic rings. The van der Waals surface area contributed by atoms with Gasteiger partial charge in [-0.05, 0) is 39.2 Å². The largest absolute Gasteiger partial charge is 0.337 e. The van der Waals surface area contributed by atoms with Gasteiger partial charge in [0.1, 0.15) is 0 Å². The zero-order valence-electron chi connectivity index (χ0n) is 12.6. The number of piperazine rings is 1. The molecular weight excluding hydrogens is 238 g/mol. The summed E-state index contributed by atoms with van der Waals surface area (Å²) in [7, 11) is 2.13. The number of likely N-dealkylation sites (N-methyl/N-ethyl adjacent to an activating group) is 1. The molecule has 2 rings (SSSR count). The van der Waals surface area contributed by atoms with E-state index in [-0.39, 0.29) is 5.92 Å². The molecular formula is C15H29N3O. The number of nitrogens with zero attached hydrogens (tertiary/aromatic N) is 2.